The topological polar surface area (TPSA) is 95.5 Å². The Kier molecular flexibility index (Phi) is 6.90. The van der Waals surface area contributed by atoms with E-state index in [1.807, 2.05) is 24.3 Å². The SMILES string of the molecule is CC(C)NS(=O)(=O)Cc1ccccc1CNCc1ccc(C(=O)O)cc1. The molecule has 0 aromatic heterocycles. The van der Waals surface area contributed by atoms with Gasteiger partial charge in [-0.2, -0.15) is 0 Å². The lowest BCUT2D eigenvalue weighted by molar-refractivity contribution is 0.0697. The molecule has 0 saturated carbocycles. The van der Waals surface area contributed by atoms with Crippen LogP contribution in [-0.4, -0.2) is 25.5 Å². The summed E-state index contributed by atoms with van der Waals surface area (Å²) in [6.45, 7) is 4.67. The van der Waals surface area contributed by atoms with Crippen LogP contribution in [0.1, 0.15) is 40.9 Å². The normalized spacial score (nSPS) is 11.7. The number of carboxylic acid groups (broad SMARTS) is 1. The van der Waals surface area contributed by atoms with Crippen LogP contribution in [0.3, 0.4) is 0 Å². The molecule has 0 aliphatic carbocycles. The Balaban J connectivity index is 1.98. The summed E-state index contributed by atoms with van der Waals surface area (Å²) in [4.78, 5) is 10.9. The third-order valence-corrected chi connectivity index (χ3v) is 5.25. The van der Waals surface area contributed by atoms with Crippen molar-refractivity contribution in [1.82, 2.24) is 10.0 Å². The number of aromatic carboxylic acids is 1. The van der Waals surface area contributed by atoms with E-state index >= 15 is 0 Å². The van der Waals surface area contributed by atoms with Crippen LogP contribution in [0.5, 0.6) is 0 Å². The average Bonchev–Trinajstić information content (AvgIpc) is 2.55. The van der Waals surface area contributed by atoms with E-state index in [9.17, 15) is 13.2 Å². The summed E-state index contributed by atoms with van der Waals surface area (Å²) >= 11 is 0. The van der Waals surface area contributed by atoms with Crippen LogP contribution >= 0.6 is 0 Å². The van der Waals surface area contributed by atoms with E-state index in [-0.39, 0.29) is 17.4 Å². The molecule has 26 heavy (non-hydrogen) atoms. The Labute approximate surface area is 154 Å². The first-order valence-electron chi connectivity index (χ1n) is 8.36. The fraction of sp³-hybridized carbons (Fsp3) is 0.316. The summed E-state index contributed by atoms with van der Waals surface area (Å²) in [7, 11) is -3.38. The maximum atomic E-state index is 12.2. The highest BCUT2D eigenvalue weighted by atomic mass is 32.2. The second-order valence-electron chi connectivity index (χ2n) is 6.41. The first kappa shape index (κ1) is 20.1. The molecule has 0 amide bonds. The Morgan fingerprint density at radius 2 is 1.62 bits per heavy atom. The lowest BCUT2D eigenvalue weighted by Crippen LogP contribution is -2.31. The Morgan fingerprint density at radius 1 is 1.00 bits per heavy atom. The van der Waals surface area contributed by atoms with Gasteiger partial charge in [0.2, 0.25) is 10.0 Å². The largest absolute Gasteiger partial charge is 0.478 e. The third kappa shape index (κ3) is 6.25. The van der Waals surface area contributed by atoms with Gasteiger partial charge in [-0.15, -0.1) is 0 Å². The summed E-state index contributed by atoms with van der Waals surface area (Å²) in [6, 6.07) is 13.9. The summed E-state index contributed by atoms with van der Waals surface area (Å²) in [5, 5.41) is 12.2. The number of sulfonamides is 1. The van der Waals surface area contributed by atoms with E-state index < -0.39 is 16.0 Å². The molecule has 0 saturated heterocycles. The van der Waals surface area contributed by atoms with Crippen molar-refractivity contribution in [2.45, 2.75) is 38.7 Å². The van der Waals surface area contributed by atoms with E-state index in [1.165, 1.54) is 0 Å². The molecule has 0 radical (unpaired) electrons. The Morgan fingerprint density at radius 3 is 2.19 bits per heavy atom. The molecule has 0 bridgehead atoms. The fourth-order valence-corrected chi connectivity index (χ4v) is 4.08. The maximum Gasteiger partial charge on any atom is 0.335 e. The molecular weight excluding hydrogens is 352 g/mol. The molecule has 2 aromatic rings. The van der Waals surface area contributed by atoms with Crippen LogP contribution < -0.4 is 10.0 Å². The monoisotopic (exact) mass is 376 g/mol. The van der Waals surface area contributed by atoms with Gasteiger partial charge in [0.15, 0.2) is 0 Å². The number of rotatable bonds is 9. The van der Waals surface area contributed by atoms with Gasteiger partial charge in [0, 0.05) is 19.1 Å². The molecule has 2 aromatic carbocycles. The van der Waals surface area contributed by atoms with Crippen molar-refractivity contribution in [2.24, 2.45) is 0 Å². The molecule has 0 heterocycles. The predicted molar refractivity (Wildman–Crippen MR) is 101 cm³/mol. The third-order valence-electron chi connectivity index (χ3n) is 3.72. The van der Waals surface area contributed by atoms with E-state index in [2.05, 4.69) is 10.0 Å². The highest BCUT2D eigenvalue weighted by molar-refractivity contribution is 7.88. The number of nitrogens with one attached hydrogen (secondary N) is 2. The van der Waals surface area contributed by atoms with E-state index in [1.54, 1.807) is 38.1 Å². The molecule has 0 fully saturated rings. The van der Waals surface area contributed by atoms with Crippen LogP contribution in [0.15, 0.2) is 48.5 Å². The number of carboxylic acids is 1. The number of carbonyl (C=O) groups is 1. The minimum Gasteiger partial charge on any atom is -0.478 e. The van der Waals surface area contributed by atoms with Crippen LogP contribution in [0.2, 0.25) is 0 Å². The van der Waals surface area contributed by atoms with Crippen molar-refractivity contribution >= 4 is 16.0 Å². The van der Waals surface area contributed by atoms with Crippen LogP contribution in [-0.2, 0) is 28.9 Å². The van der Waals surface area contributed by atoms with Gasteiger partial charge in [-0.05, 0) is 42.7 Å². The van der Waals surface area contributed by atoms with Gasteiger partial charge in [-0.3, -0.25) is 0 Å². The summed E-state index contributed by atoms with van der Waals surface area (Å²) in [6.07, 6.45) is 0. The van der Waals surface area contributed by atoms with E-state index in [0.29, 0.717) is 13.1 Å². The lowest BCUT2D eigenvalue weighted by Gasteiger charge is -2.13. The summed E-state index contributed by atoms with van der Waals surface area (Å²) in [5.74, 6) is -1.01. The quantitative estimate of drug-likeness (QED) is 0.625. The zero-order valence-corrected chi connectivity index (χ0v) is 15.7. The van der Waals surface area contributed by atoms with Gasteiger partial charge in [-0.25, -0.2) is 17.9 Å². The van der Waals surface area contributed by atoms with Crippen molar-refractivity contribution in [2.75, 3.05) is 0 Å². The summed E-state index contributed by atoms with van der Waals surface area (Å²) < 4.78 is 26.9. The molecule has 0 unspecified atom stereocenters. The highest BCUT2D eigenvalue weighted by Crippen LogP contribution is 2.13. The molecule has 0 aliphatic rings. The van der Waals surface area contributed by atoms with Crippen LogP contribution in [0, 0.1) is 0 Å². The zero-order chi connectivity index (χ0) is 19.2. The molecule has 0 atom stereocenters. The maximum absolute atomic E-state index is 12.2. The zero-order valence-electron chi connectivity index (χ0n) is 14.9. The Bertz CT molecular complexity index is 846. The standard InChI is InChI=1S/C19H24N2O4S/c1-14(2)21-26(24,25)13-18-6-4-3-5-17(18)12-20-11-15-7-9-16(10-8-15)19(22)23/h3-10,14,20-21H,11-13H2,1-2H3,(H,22,23). The lowest BCUT2D eigenvalue weighted by atomic mass is 10.1. The average molecular weight is 376 g/mol. The molecule has 0 aliphatic heterocycles. The van der Waals surface area contributed by atoms with E-state index in [0.717, 1.165) is 16.7 Å². The molecule has 7 heteroatoms. The van der Waals surface area contributed by atoms with E-state index in [4.69, 9.17) is 5.11 Å². The van der Waals surface area contributed by atoms with Crippen molar-refractivity contribution in [3.8, 4) is 0 Å². The Hall–Kier alpha value is -2.22. The molecule has 3 N–H and O–H groups in total. The molecule has 140 valence electrons. The number of benzene rings is 2. The minimum atomic E-state index is -3.38. The molecule has 0 spiro atoms. The van der Waals surface area contributed by atoms with Gasteiger partial charge in [0.25, 0.3) is 0 Å². The van der Waals surface area contributed by atoms with Crippen molar-refractivity contribution in [1.29, 1.82) is 0 Å². The van der Waals surface area contributed by atoms with Gasteiger partial charge in [-0.1, -0.05) is 36.4 Å². The first-order valence-corrected chi connectivity index (χ1v) is 10.0. The molecular formula is C19H24N2O4S. The van der Waals surface area contributed by atoms with Gasteiger partial charge in [0.1, 0.15) is 0 Å². The van der Waals surface area contributed by atoms with Crippen LogP contribution in [0.4, 0.5) is 0 Å². The number of hydrogen-bond donors (Lipinski definition) is 3. The molecule has 2 rings (SSSR count). The van der Waals surface area contributed by atoms with Crippen LogP contribution in [0.25, 0.3) is 0 Å². The summed E-state index contributed by atoms with van der Waals surface area (Å²) in [5.41, 5.74) is 2.89. The smallest absolute Gasteiger partial charge is 0.335 e. The minimum absolute atomic E-state index is 0.0592. The second-order valence-corrected chi connectivity index (χ2v) is 8.16. The highest BCUT2D eigenvalue weighted by Gasteiger charge is 2.15. The first-order chi connectivity index (χ1) is 12.3. The van der Waals surface area contributed by atoms with Crippen molar-refractivity contribution < 1.29 is 18.3 Å². The van der Waals surface area contributed by atoms with Gasteiger partial charge < -0.3 is 10.4 Å². The predicted octanol–water partition coefficient (Wildman–Crippen LogP) is 2.50. The fourth-order valence-electron chi connectivity index (χ4n) is 2.58. The molecule has 6 nitrogen and oxygen atoms in total. The van der Waals surface area contributed by atoms with Gasteiger partial charge >= 0.3 is 5.97 Å². The number of hydrogen-bond acceptors (Lipinski definition) is 4. The second kappa shape index (κ2) is 8.93. The van der Waals surface area contributed by atoms with Crippen molar-refractivity contribution in [3.05, 3.63) is 70.8 Å². The van der Waals surface area contributed by atoms with Crippen molar-refractivity contribution in [3.63, 3.8) is 0 Å². The van der Waals surface area contributed by atoms with Gasteiger partial charge in [0.05, 0.1) is 11.3 Å².